The smallest absolute Gasteiger partial charge is 0.211 e. The largest absolute Gasteiger partial charge is 0.362 e. The fraction of sp³-hybridized carbons (Fsp3) is 0.385. The van der Waals surface area contributed by atoms with E-state index in [4.69, 9.17) is 0 Å². The Morgan fingerprint density at radius 3 is 3.00 bits per heavy atom. The van der Waals surface area contributed by atoms with Crippen molar-refractivity contribution in [2.24, 2.45) is 0 Å². The van der Waals surface area contributed by atoms with Crippen molar-refractivity contribution in [2.45, 2.75) is 19.6 Å². The number of aromatic amines is 1. The van der Waals surface area contributed by atoms with Crippen LogP contribution in [0.25, 0.3) is 11.2 Å². The van der Waals surface area contributed by atoms with Crippen molar-refractivity contribution < 1.29 is 8.42 Å². The predicted octanol–water partition coefficient (Wildman–Crippen LogP) is -0.0633. The highest BCUT2D eigenvalue weighted by molar-refractivity contribution is 7.88. The normalized spacial score (nSPS) is 15.5. The van der Waals surface area contributed by atoms with Gasteiger partial charge in [-0.2, -0.15) is 9.40 Å². The quantitative estimate of drug-likeness (QED) is 0.677. The van der Waals surface area contributed by atoms with Gasteiger partial charge >= 0.3 is 0 Å². The molecule has 3 aromatic rings. The molecular weight excluding hydrogens is 332 g/mol. The molecule has 126 valence electrons. The van der Waals surface area contributed by atoms with Crippen LogP contribution in [0.2, 0.25) is 0 Å². The van der Waals surface area contributed by atoms with E-state index in [-0.39, 0.29) is 0 Å². The number of imidazole rings is 1. The monoisotopic (exact) mass is 348 g/mol. The molecule has 0 amide bonds. The highest BCUT2D eigenvalue weighted by Crippen LogP contribution is 2.18. The third-order valence-electron chi connectivity index (χ3n) is 3.94. The fourth-order valence-corrected chi connectivity index (χ4v) is 3.52. The van der Waals surface area contributed by atoms with E-state index >= 15 is 0 Å². The highest BCUT2D eigenvalue weighted by atomic mass is 32.2. The number of aromatic nitrogens is 6. The Bertz CT molecular complexity index is 992. The number of hydrogen-bond acceptors (Lipinski definition) is 7. The van der Waals surface area contributed by atoms with Crippen molar-refractivity contribution in [3.63, 3.8) is 0 Å². The van der Waals surface area contributed by atoms with E-state index in [1.807, 2.05) is 10.7 Å². The van der Waals surface area contributed by atoms with Gasteiger partial charge in [-0.25, -0.2) is 23.4 Å². The number of fused-ring (bicyclic) bond motifs is 2. The molecular formula is C13H16N8O2S. The van der Waals surface area contributed by atoms with Crippen LogP contribution in [0.3, 0.4) is 0 Å². The first-order valence-electron chi connectivity index (χ1n) is 7.39. The minimum Gasteiger partial charge on any atom is -0.362 e. The van der Waals surface area contributed by atoms with Crippen molar-refractivity contribution in [2.75, 3.05) is 18.1 Å². The number of sulfonamides is 1. The number of nitrogens with zero attached hydrogens (tertiary/aromatic N) is 6. The van der Waals surface area contributed by atoms with E-state index in [2.05, 4.69) is 30.4 Å². The Hall–Kier alpha value is -2.53. The van der Waals surface area contributed by atoms with Crippen LogP contribution in [0.4, 0.5) is 5.82 Å². The van der Waals surface area contributed by atoms with Gasteiger partial charge in [0.25, 0.3) is 0 Å². The molecule has 4 heterocycles. The summed E-state index contributed by atoms with van der Waals surface area (Å²) in [6, 6.07) is 1.91. The van der Waals surface area contributed by atoms with Crippen LogP contribution in [0, 0.1) is 0 Å². The van der Waals surface area contributed by atoms with Gasteiger partial charge in [0.1, 0.15) is 11.8 Å². The third kappa shape index (κ3) is 2.71. The molecule has 1 aliphatic rings. The molecule has 0 aliphatic carbocycles. The lowest BCUT2D eigenvalue weighted by molar-refractivity contribution is 0.328. The molecule has 0 spiro atoms. The summed E-state index contributed by atoms with van der Waals surface area (Å²) in [5.74, 6) is 0.654. The van der Waals surface area contributed by atoms with Gasteiger partial charge in [-0.1, -0.05) is 0 Å². The Labute approximate surface area is 138 Å². The number of anilines is 1. The minimum absolute atomic E-state index is 0.351. The van der Waals surface area contributed by atoms with Gasteiger partial charge in [0.05, 0.1) is 43.6 Å². The zero-order valence-electron chi connectivity index (χ0n) is 13.0. The average Bonchev–Trinajstić information content (AvgIpc) is 3.17. The van der Waals surface area contributed by atoms with Gasteiger partial charge < -0.3 is 10.3 Å². The molecule has 0 fully saturated rings. The predicted molar refractivity (Wildman–Crippen MR) is 86.5 cm³/mol. The molecule has 10 nitrogen and oxygen atoms in total. The Balaban J connectivity index is 1.51. The molecule has 24 heavy (non-hydrogen) atoms. The van der Waals surface area contributed by atoms with E-state index in [0.717, 1.165) is 16.9 Å². The number of H-pyrrole nitrogens is 1. The molecule has 0 atom stereocenters. The van der Waals surface area contributed by atoms with Gasteiger partial charge in [0.2, 0.25) is 10.0 Å². The second-order valence-corrected chi connectivity index (χ2v) is 7.61. The lowest BCUT2D eigenvalue weighted by atomic mass is 10.3. The Kier molecular flexibility index (Phi) is 3.46. The summed E-state index contributed by atoms with van der Waals surface area (Å²) in [4.78, 5) is 15.4. The highest BCUT2D eigenvalue weighted by Gasteiger charge is 2.24. The van der Waals surface area contributed by atoms with Crippen molar-refractivity contribution in [1.29, 1.82) is 0 Å². The number of rotatable bonds is 4. The summed E-state index contributed by atoms with van der Waals surface area (Å²) in [7, 11) is -3.18. The fourth-order valence-electron chi connectivity index (χ4n) is 2.74. The molecule has 0 aromatic carbocycles. The van der Waals surface area contributed by atoms with E-state index in [9.17, 15) is 8.42 Å². The maximum absolute atomic E-state index is 11.7. The summed E-state index contributed by atoms with van der Waals surface area (Å²) in [6.45, 7) is 1.83. The molecule has 4 rings (SSSR count). The number of hydrogen-bond donors (Lipinski definition) is 2. The Morgan fingerprint density at radius 1 is 1.29 bits per heavy atom. The SMILES string of the molecule is CS(=O)(=O)N1CCn2nc(CNc3ncnc4nc[nH]c34)cc2C1. The van der Waals surface area contributed by atoms with Gasteiger partial charge in [-0.3, -0.25) is 4.68 Å². The zero-order valence-corrected chi connectivity index (χ0v) is 13.8. The van der Waals surface area contributed by atoms with E-state index in [1.165, 1.54) is 16.9 Å². The second kappa shape index (κ2) is 5.53. The molecule has 1 aliphatic heterocycles. The van der Waals surface area contributed by atoms with Crippen molar-refractivity contribution in [3.8, 4) is 0 Å². The Morgan fingerprint density at radius 2 is 2.17 bits per heavy atom. The molecule has 0 bridgehead atoms. The molecule has 0 radical (unpaired) electrons. The van der Waals surface area contributed by atoms with Crippen LogP contribution >= 0.6 is 0 Å². The van der Waals surface area contributed by atoms with Crippen molar-refractivity contribution in [1.82, 2.24) is 34.0 Å². The summed E-state index contributed by atoms with van der Waals surface area (Å²) in [6.07, 6.45) is 4.25. The molecule has 2 N–H and O–H groups in total. The van der Waals surface area contributed by atoms with E-state index < -0.39 is 10.0 Å². The van der Waals surface area contributed by atoms with Crippen LogP contribution in [-0.4, -0.2) is 55.2 Å². The zero-order chi connectivity index (χ0) is 16.7. The lowest BCUT2D eigenvalue weighted by Gasteiger charge is -2.25. The standard InChI is InChI=1S/C13H16N8O2S/c1-24(22,23)20-2-3-21-10(6-20)4-9(19-21)5-14-12-11-13(16-7-15-11)18-8-17-12/h4,7-8H,2-3,5-6H2,1H3,(H2,14,15,16,17,18). The van der Waals surface area contributed by atoms with Crippen LogP contribution in [0.1, 0.15) is 11.4 Å². The first-order chi connectivity index (χ1) is 11.5. The van der Waals surface area contributed by atoms with Crippen LogP contribution in [0.15, 0.2) is 18.7 Å². The molecule has 3 aromatic heterocycles. The summed E-state index contributed by atoms with van der Waals surface area (Å²) in [5, 5.41) is 7.72. The van der Waals surface area contributed by atoms with E-state index in [1.54, 1.807) is 6.33 Å². The van der Waals surface area contributed by atoms with Crippen LogP contribution < -0.4 is 5.32 Å². The van der Waals surface area contributed by atoms with E-state index in [0.29, 0.717) is 37.6 Å². The molecule has 0 saturated heterocycles. The lowest BCUT2D eigenvalue weighted by Crippen LogP contribution is -2.37. The van der Waals surface area contributed by atoms with Gasteiger partial charge in [-0.15, -0.1) is 0 Å². The van der Waals surface area contributed by atoms with Gasteiger partial charge in [0.15, 0.2) is 11.5 Å². The average molecular weight is 348 g/mol. The minimum atomic E-state index is -3.18. The van der Waals surface area contributed by atoms with Gasteiger partial charge in [-0.05, 0) is 6.07 Å². The molecule has 0 saturated carbocycles. The van der Waals surface area contributed by atoms with Crippen LogP contribution in [0.5, 0.6) is 0 Å². The van der Waals surface area contributed by atoms with Crippen molar-refractivity contribution >= 4 is 27.0 Å². The molecule has 11 heteroatoms. The van der Waals surface area contributed by atoms with Crippen molar-refractivity contribution in [3.05, 3.63) is 30.1 Å². The summed E-state index contributed by atoms with van der Waals surface area (Å²) < 4.78 is 26.7. The maximum Gasteiger partial charge on any atom is 0.211 e. The summed E-state index contributed by atoms with van der Waals surface area (Å²) in [5.41, 5.74) is 3.05. The number of nitrogens with one attached hydrogen (secondary N) is 2. The first-order valence-corrected chi connectivity index (χ1v) is 9.24. The topological polar surface area (TPSA) is 122 Å². The van der Waals surface area contributed by atoms with Crippen LogP contribution in [-0.2, 0) is 29.7 Å². The maximum atomic E-state index is 11.7. The summed E-state index contributed by atoms with van der Waals surface area (Å²) >= 11 is 0. The first kappa shape index (κ1) is 15.0. The second-order valence-electron chi connectivity index (χ2n) is 5.62. The van der Waals surface area contributed by atoms with Gasteiger partial charge in [0, 0.05) is 6.54 Å². The third-order valence-corrected chi connectivity index (χ3v) is 5.19. The molecule has 0 unspecified atom stereocenters.